The Hall–Kier alpha value is -5.96. The summed E-state index contributed by atoms with van der Waals surface area (Å²) < 4.78 is 11.3. The normalized spacial score (nSPS) is 12.0. The van der Waals surface area contributed by atoms with Gasteiger partial charge in [0.05, 0.1) is 17.3 Å². The number of aliphatic carboxylic acids is 1. The van der Waals surface area contributed by atoms with Crippen molar-refractivity contribution in [2.24, 2.45) is 0 Å². The van der Waals surface area contributed by atoms with Gasteiger partial charge in [0.2, 0.25) is 5.91 Å². The third kappa shape index (κ3) is 10.3. The molecule has 1 unspecified atom stereocenters. The fraction of sp³-hybridized carbons (Fsp3) is 0.333. The van der Waals surface area contributed by atoms with Gasteiger partial charge in [-0.25, -0.2) is 14.4 Å². The molecule has 4 rings (SSSR count). The molecule has 0 saturated carbocycles. The average molecular weight is 694 g/mol. The number of aryl methyl sites for hydroxylation is 2. The smallest absolute Gasteiger partial charge is 0.439 e. The minimum Gasteiger partial charge on any atom is -0.479 e. The molecule has 0 aliphatic carbocycles. The molecular weight excluding hydrogens is 650 g/mol. The van der Waals surface area contributed by atoms with Gasteiger partial charge < -0.3 is 19.9 Å². The molecule has 266 valence electrons. The Morgan fingerprint density at radius 3 is 2.20 bits per heavy atom. The largest absolute Gasteiger partial charge is 0.479 e. The molecule has 4 aromatic rings. The highest BCUT2D eigenvalue weighted by molar-refractivity contribution is 5.94. The van der Waals surface area contributed by atoms with Crippen molar-refractivity contribution in [1.29, 1.82) is 5.26 Å². The lowest BCUT2D eigenvalue weighted by molar-refractivity contribution is -0.139. The molecule has 0 aliphatic rings. The number of amides is 3. The molecule has 3 aromatic carbocycles. The summed E-state index contributed by atoms with van der Waals surface area (Å²) in [6.07, 6.45) is 2.25. The second-order valence-electron chi connectivity index (χ2n) is 14.0. The summed E-state index contributed by atoms with van der Waals surface area (Å²) in [6, 6.07) is 19.0. The second-order valence-corrected chi connectivity index (χ2v) is 14.0. The molecule has 3 amide bonds. The SMILES string of the molecule is Cc1cc(C(C(=O)O)N(c2ccc3cnccc3c2)N(C(=O)OC(C)(C)C)C(=O)OC(C)(C)C)ccc1CCCC(=O)Nc1cccc(C#N)c1. The van der Waals surface area contributed by atoms with E-state index in [0.717, 1.165) is 21.5 Å². The lowest BCUT2D eigenvalue weighted by Gasteiger charge is -2.39. The number of carbonyl (C=O) groups excluding carboxylic acids is 3. The van der Waals surface area contributed by atoms with Crippen molar-refractivity contribution in [2.75, 3.05) is 10.3 Å². The standard InChI is InChI=1S/C39H43N5O7/c1-25-20-29(15-14-27(25)11-9-13-33(45)42-31-12-8-10-26(21-31)23-40)34(35(46)47)43(32-17-16-30-24-41-19-18-28(30)22-32)44(36(48)50-38(2,3)4)37(49)51-39(5,6)7/h8,10,12,14-22,24,34H,9,11,13H2,1-7H3,(H,42,45)(H,46,47). The zero-order valence-corrected chi connectivity index (χ0v) is 29.9. The molecule has 1 atom stereocenters. The quantitative estimate of drug-likeness (QED) is 0.155. The van der Waals surface area contributed by atoms with Gasteiger partial charge in [-0.1, -0.05) is 30.3 Å². The minimum absolute atomic E-state index is 0.198. The van der Waals surface area contributed by atoms with Crippen LogP contribution in [0.15, 0.2) is 79.1 Å². The molecule has 0 radical (unpaired) electrons. The van der Waals surface area contributed by atoms with Crippen LogP contribution in [-0.4, -0.2) is 50.4 Å². The van der Waals surface area contributed by atoms with Gasteiger partial charge in [-0.05, 0) is 120 Å². The molecule has 1 aromatic heterocycles. The molecule has 12 heteroatoms. The maximum atomic E-state index is 13.9. The van der Waals surface area contributed by atoms with Gasteiger partial charge in [0.1, 0.15) is 11.2 Å². The van der Waals surface area contributed by atoms with Gasteiger partial charge in [-0.15, -0.1) is 5.01 Å². The Kier molecular flexibility index (Phi) is 11.7. The number of carboxylic acid groups (broad SMARTS) is 1. The number of nitrogens with zero attached hydrogens (tertiary/aromatic N) is 4. The molecule has 0 spiro atoms. The molecule has 1 heterocycles. The number of nitrogens with one attached hydrogen (secondary N) is 1. The van der Waals surface area contributed by atoms with Crippen LogP contribution in [0.4, 0.5) is 21.0 Å². The monoisotopic (exact) mass is 693 g/mol. The number of fused-ring (bicyclic) bond motifs is 1. The van der Waals surface area contributed by atoms with Gasteiger partial charge in [-0.3, -0.25) is 14.8 Å². The number of imide groups is 1. The zero-order valence-electron chi connectivity index (χ0n) is 29.9. The number of aromatic nitrogens is 1. The lowest BCUT2D eigenvalue weighted by Crippen LogP contribution is -2.56. The van der Waals surface area contributed by atoms with Crippen molar-refractivity contribution in [1.82, 2.24) is 9.99 Å². The van der Waals surface area contributed by atoms with Crippen molar-refractivity contribution in [2.45, 2.75) is 85.0 Å². The van der Waals surface area contributed by atoms with E-state index in [1.807, 2.05) is 13.0 Å². The van der Waals surface area contributed by atoms with E-state index in [0.29, 0.717) is 34.5 Å². The Morgan fingerprint density at radius 1 is 0.902 bits per heavy atom. The first-order valence-electron chi connectivity index (χ1n) is 16.5. The van der Waals surface area contributed by atoms with Crippen molar-refractivity contribution < 1.29 is 33.8 Å². The van der Waals surface area contributed by atoms with Crippen molar-refractivity contribution >= 4 is 46.2 Å². The van der Waals surface area contributed by atoms with E-state index >= 15 is 0 Å². The second kappa shape index (κ2) is 15.7. The summed E-state index contributed by atoms with van der Waals surface area (Å²) in [5.74, 6) is -1.54. The molecule has 0 fully saturated rings. The molecule has 2 N–H and O–H groups in total. The molecule has 51 heavy (non-hydrogen) atoms. The van der Waals surface area contributed by atoms with Crippen LogP contribution in [0.2, 0.25) is 0 Å². The van der Waals surface area contributed by atoms with E-state index in [2.05, 4.69) is 10.3 Å². The van der Waals surface area contributed by atoms with E-state index in [4.69, 9.17) is 14.7 Å². The lowest BCUT2D eigenvalue weighted by atomic mass is 9.96. The summed E-state index contributed by atoms with van der Waals surface area (Å²) in [5, 5.41) is 25.9. The minimum atomic E-state index is -1.59. The van der Waals surface area contributed by atoms with E-state index in [1.54, 1.807) is 121 Å². The predicted molar refractivity (Wildman–Crippen MR) is 193 cm³/mol. The topological polar surface area (TPSA) is 162 Å². The van der Waals surface area contributed by atoms with Gasteiger partial charge >= 0.3 is 18.2 Å². The summed E-state index contributed by atoms with van der Waals surface area (Å²) >= 11 is 0. The number of hydrogen-bond donors (Lipinski definition) is 2. The van der Waals surface area contributed by atoms with Crippen LogP contribution >= 0.6 is 0 Å². The summed E-state index contributed by atoms with van der Waals surface area (Å²) in [7, 11) is 0. The van der Waals surface area contributed by atoms with Crippen LogP contribution in [0, 0.1) is 18.3 Å². The Morgan fingerprint density at radius 2 is 1.59 bits per heavy atom. The highest BCUT2D eigenvalue weighted by Gasteiger charge is 2.42. The maximum Gasteiger partial charge on any atom is 0.439 e. The highest BCUT2D eigenvalue weighted by Crippen LogP contribution is 2.34. The van der Waals surface area contributed by atoms with Crippen LogP contribution in [0.5, 0.6) is 0 Å². The number of hydrogen-bond acceptors (Lipinski definition) is 9. The van der Waals surface area contributed by atoms with Crippen LogP contribution < -0.4 is 10.3 Å². The van der Waals surface area contributed by atoms with E-state index in [9.17, 15) is 24.3 Å². The van der Waals surface area contributed by atoms with Crippen LogP contribution in [-0.2, 0) is 25.5 Å². The Labute approximate surface area is 297 Å². The molecule has 0 saturated heterocycles. The van der Waals surface area contributed by atoms with Crippen LogP contribution in [0.3, 0.4) is 0 Å². The Bertz CT molecular complexity index is 1950. The summed E-state index contributed by atoms with van der Waals surface area (Å²) in [5.41, 5.74) is 1.06. The number of ether oxygens (including phenoxy) is 2. The first-order chi connectivity index (χ1) is 24.0. The van der Waals surface area contributed by atoms with Crippen molar-refractivity contribution in [3.05, 3.63) is 101 Å². The number of nitriles is 1. The maximum absolute atomic E-state index is 13.9. The summed E-state index contributed by atoms with van der Waals surface area (Å²) in [6.45, 7) is 11.7. The van der Waals surface area contributed by atoms with Crippen LogP contribution in [0.25, 0.3) is 10.8 Å². The molecule has 0 aliphatic heterocycles. The molecule has 0 bridgehead atoms. The number of hydrazine groups is 1. The predicted octanol–water partition coefficient (Wildman–Crippen LogP) is 8.10. The van der Waals surface area contributed by atoms with E-state index in [-0.39, 0.29) is 23.6 Å². The van der Waals surface area contributed by atoms with Gasteiger partial charge in [0.15, 0.2) is 6.04 Å². The number of rotatable bonds is 10. The number of carbonyl (C=O) groups is 4. The first kappa shape index (κ1) is 37.9. The third-order valence-corrected chi connectivity index (χ3v) is 7.52. The number of carboxylic acids is 1. The number of anilines is 2. The van der Waals surface area contributed by atoms with Crippen molar-refractivity contribution in [3.63, 3.8) is 0 Å². The number of benzene rings is 3. The molecule has 12 nitrogen and oxygen atoms in total. The molecular formula is C39H43N5O7. The highest BCUT2D eigenvalue weighted by atomic mass is 16.6. The third-order valence-electron chi connectivity index (χ3n) is 7.52. The van der Waals surface area contributed by atoms with Crippen LogP contribution in [0.1, 0.15) is 82.7 Å². The van der Waals surface area contributed by atoms with E-state index < -0.39 is 35.4 Å². The van der Waals surface area contributed by atoms with Gasteiger partial charge in [-0.2, -0.15) is 5.26 Å². The zero-order chi connectivity index (χ0) is 37.5. The van der Waals surface area contributed by atoms with Gasteiger partial charge in [0, 0.05) is 29.9 Å². The fourth-order valence-electron chi connectivity index (χ4n) is 5.34. The fourth-order valence-corrected chi connectivity index (χ4v) is 5.34. The van der Waals surface area contributed by atoms with Crippen molar-refractivity contribution in [3.8, 4) is 6.07 Å². The summed E-state index contributed by atoms with van der Waals surface area (Å²) in [4.78, 5) is 57.8. The van der Waals surface area contributed by atoms with Gasteiger partial charge in [0.25, 0.3) is 0 Å². The van der Waals surface area contributed by atoms with E-state index in [1.165, 1.54) is 0 Å². The number of pyridine rings is 1. The first-order valence-corrected chi connectivity index (χ1v) is 16.5. The average Bonchev–Trinajstić information content (AvgIpc) is 3.03. The Balaban J connectivity index is 1.71.